The lowest BCUT2D eigenvalue weighted by molar-refractivity contribution is 0.614. The number of anilines is 1. The highest BCUT2D eigenvalue weighted by Crippen LogP contribution is 2.33. The zero-order chi connectivity index (χ0) is 16.4. The molecule has 1 heterocycles. The fourth-order valence-corrected chi connectivity index (χ4v) is 3.36. The van der Waals surface area contributed by atoms with Gasteiger partial charge >= 0.3 is 0 Å². The number of para-hydroxylation sites is 1. The van der Waals surface area contributed by atoms with Gasteiger partial charge in [-0.2, -0.15) is 0 Å². The number of pyridine rings is 1. The largest absolute Gasteiger partial charge is 0.386 e. The summed E-state index contributed by atoms with van der Waals surface area (Å²) in [5.74, 6) is -0.0170. The van der Waals surface area contributed by atoms with E-state index in [0.29, 0.717) is 16.2 Å². The molecule has 6 heteroatoms. The molecule has 118 valence electrons. The van der Waals surface area contributed by atoms with Gasteiger partial charge in [-0.1, -0.05) is 48.0 Å². The van der Waals surface area contributed by atoms with Gasteiger partial charge in [0.25, 0.3) is 0 Å². The Labute approximate surface area is 141 Å². The number of hydrogen-bond donors (Lipinski definition) is 2. The van der Waals surface area contributed by atoms with Crippen molar-refractivity contribution in [1.29, 1.82) is 0 Å². The highest BCUT2D eigenvalue weighted by atomic mass is 35.5. The van der Waals surface area contributed by atoms with Crippen molar-refractivity contribution in [3.63, 3.8) is 0 Å². The summed E-state index contributed by atoms with van der Waals surface area (Å²) < 4.78 is 22.3. The van der Waals surface area contributed by atoms with Crippen LogP contribution in [0.3, 0.4) is 0 Å². The standard InChI is InChI=1S/C17H15ClN2O2S/c1-19-15-9-11-6-4-8-14(18)16(11)20-17(15)13-7-3-2-5-12(13)10-23(21)22/h2-9,19,23H,10H2,1H3. The van der Waals surface area contributed by atoms with E-state index in [4.69, 9.17) is 16.6 Å². The predicted octanol–water partition coefficient (Wildman–Crippen LogP) is 3.71. The molecule has 0 saturated carbocycles. The van der Waals surface area contributed by atoms with Gasteiger partial charge in [-0.3, -0.25) is 0 Å². The smallest absolute Gasteiger partial charge is 0.144 e. The molecule has 0 aliphatic heterocycles. The summed E-state index contributed by atoms with van der Waals surface area (Å²) in [4.78, 5) is 4.69. The number of nitrogens with one attached hydrogen (secondary N) is 1. The van der Waals surface area contributed by atoms with Crippen molar-refractivity contribution in [2.45, 2.75) is 5.75 Å². The second kappa shape index (κ2) is 6.56. The summed E-state index contributed by atoms with van der Waals surface area (Å²) in [6, 6.07) is 15.0. The Morgan fingerprint density at radius 1 is 1.13 bits per heavy atom. The van der Waals surface area contributed by atoms with Crippen LogP contribution in [0.2, 0.25) is 5.02 Å². The molecular formula is C17H15ClN2O2S. The molecule has 23 heavy (non-hydrogen) atoms. The van der Waals surface area contributed by atoms with E-state index in [0.717, 1.165) is 22.2 Å². The van der Waals surface area contributed by atoms with Crippen molar-refractivity contribution >= 4 is 38.9 Å². The molecule has 0 amide bonds. The number of thiol groups is 1. The Hall–Kier alpha value is -2.11. The first-order valence-corrected chi connectivity index (χ1v) is 8.81. The van der Waals surface area contributed by atoms with E-state index in [1.165, 1.54) is 0 Å². The van der Waals surface area contributed by atoms with Gasteiger partial charge in [-0.25, -0.2) is 13.4 Å². The Bertz CT molecular complexity index is 946. The van der Waals surface area contributed by atoms with Crippen molar-refractivity contribution in [3.8, 4) is 11.3 Å². The summed E-state index contributed by atoms with van der Waals surface area (Å²) in [5.41, 5.74) is 3.73. The molecule has 0 radical (unpaired) electrons. The van der Waals surface area contributed by atoms with Crippen LogP contribution >= 0.6 is 11.6 Å². The van der Waals surface area contributed by atoms with Crippen molar-refractivity contribution in [2.75, 3.05) is 12.4 Å². The molecule has 3 aromatic rings. The van der Waals surface area contributed by atoms with Gasteiger partial charge < -0.3 is 5.32 Å². The van der Waals surface area contributed by atoms with E-state index < -0.39 is 10.7 Å². The lowest BCUT2D eigenvalue weighted by Crippen LogP contribution is -1.99. The van der Waals surface area contributed by atoms with E-state index in [2.05, 4.69) is 5.32 Å². The van der Waals surface area contributed by atoms with Crippen LogP contribution < -0.4 is 5.32 Å². The molecular weight excluding hydrogens is 332 g/mol. The summed E-state index contributed by atoms with van der Waals surface area (Å²) in [5, 5.41) is 4.63. The highest BCUT2D eigenvalue weighted by molar-refractivity contribution is 7.71. The zero-order valence-electron chi connectivity index (χ0n) is 12.4. The summed E-state index contributed by atoms with van der Waals surface area (Å²) in [6.45, 7) is 0. The van der Waals surface area contributed by atoms with Gasteiger partial charge in [-0.15, -0.1) is 0 Å². The summed E-state index contributed by atoms with van der Waals surface area (Å²) in [6.07, 6.45) is 0. The number of aromatic nitrogens is 1. The van der Waals surface area contributed by atoms with Crippen molar-refractivity contribution in [1.82, 2.24) is 4.98 Å². The number of halogens is 1. The van der Waals surface area contributed by atoms with Gasteiger partial charge in [0.15, 0.2) is 0 Å². The van der Waals surface area contributed by atoms with Crippen LogP contribution in [0.15, 0.2) is 48.5 Å². The molecule has 1 aromatic heterocycles. The molecule has 0 saturated heterocycles. The molecule has 0 unspecified atom stereocenters. The van der Waals surface area contributed by atoms with Gasteiger partial charge in [0.1, 0.15) is 10.7 Å². The molecule has 1 N–H and O–H groups in total. The molecule has 0 atom stereocenters. The SMILES string of the molecule is CNc1cc2cccc(Cl)c2nc1-c1ccccc1C[SH](=O)=O. The Morgan fingerprint density at radius 3 is 2.65 bits per heavy atom. The third-order valence-corrected chi connectivity index (χ3v) is 4.54. The van der Waals surface area contributed by atoms with E-state index in [1.807, 2.05) is 43.4 Å². The lowest BCUT2D eigenvalue weighted by Gasteiger charge is -2.13. The third kappa shape index (κ3) is 3.16. The van der Waals surface area contributed by atoms with Gasteiger partial charge in [0.05, 0.1) is 27.7 Å². The molecule has 0 aliphatic carbocycles. The van der Waals surface area contributed by atoms with Crippen LogP contribution in [0.25, 0.3) is 22.2 Å². The summed E-state index contributed by atoms with van der Waals surface area (Å²) in [7, 11) is -0.699. The minimum atomic E-state index is -2.51. The van der Waals surface area contributed by atoms with E-state index in [-0.39, 0.29) is 5.75 Å². The molecule has 3 rings (SSSR count). The number of fused-ring (bicyclic) bond motifs is 1. The quantitative estimate of drug-likeness (QED) is 0.707. The van der Waals surface area contributed by atoms with Gasteiger partial charge in [0.2, 0.25) is 0 Å². The monoisotopic (exact) mass is 346 g/mol. The van der Waals surface area contributed by atoms with Gasteiger partial charge in [-0.05, 0) is 17.7 Å². The second-order valence-corrected chi connectivity index (χ2v) is 6.48. The van der Waals surface area contributed by atoms with Crippen molar-refractivity contribution in [2.24, 2.45) is 0 Å². The normalized spacial score (nSPS) is 11.1. The molecule has 0 fully saturated rings. The molecule has 0 spiro atoms. The first kappa shape index (κ1) is 15.8. The average molecular weight is 347 g/mol. The Kier molecular flexibility index (Phi) is 4.50. The minimum absolute atomic E-state index is 0.0170. The van der Waals surface area contributed by atoms with Crippen LogP contribution in [-0.4, -0.2) is 20.4 Å². The maximum atomic E-state index is 11.2. The molecule has 0 bridgehead atoms. The third-order valence-electron chi connectivity index (χ3n) is 3.64. The minimum Gasteiger partial charge on any atom is -0.386 e. The number of rotatable bonds is 4. The zero-order valence-corrected chi connectivity index (χ0v) is 14.1. The number of benzene rings is 2. The van der Waals surface area contributed by atoms with Gasteiger partial charge in [0, 0.05) is 18.0 Å². The fraction of sp³-hybridized carbons (Fsp3) is 0.118. The van der Waals surface area contributed by atoms with Crippen molar-refractivity contribution in [3.05, 3.63) is 59.1 Å². The van der Waals surface area contributed by atoms with E-state index in [1.54, 1.807) is 12.1 Å². The van der Waals surface area contributed by atoms with E-state index in [9.17, 15) is 8.42 Å². The van der Waals surface area contributed by atoms with E-state index >= 15 is 0 Å². The maximum Gasteiger partial charge on any atom is 0.144 e. The first-order valence-electron chi connectivity index (χ1n) is 7.07. The predicted molar refractivity (Wildman–Crippen MR) is 95.8 cm³/mol. The summed E-state index contributed by atoms with van der Waals surface area (Å²) >= 11 is 6.26. The molecule has 4 nitrogen and oxygen atoms in total. The lowest BCUT2D eigenvalue weighted by atomic mass is 10.0. The Balaban J connectivity index is 2.29. The van der Waals surface area contributed by atoms with Crippen LogP contribution in [0.5, 0.6) is 0 Å². The first-order chi connectivity index (χ1) is 11.1. The van der Waals surface area contributed by atoms with Crippen LogP contribution in [-0.2, 0) is 16.5 Å². The average Bonchev–Trinajstić information content (AvgIpc) is 2.54. The van der Waals surface area contributed by atoms with Crippen molar-refractivity contribution < 1.29 is 8.42 Å². The topological polar surface area (TPSA) is 59.1 Å². The Morgan fingerprint density at radius 2 is 1.91 bits per heavy atom. The molecule has 0 aliphatic rings. The van der Waals surface area contributed by atoms with Crippen LogP contribution in [0, 0.1) is 0 Å². The fourth-order valence-electron chi connectivity index (χ4n) is 2.59. The number of nitrogens with zero attached hydrogens (tertiary/aromatic N) is 1. The maximum absolute atomic E-state index is 11.2. The molecule has 2 aromatic carbocycles. The van der Waals surface area contributed by atoms with Crippen LogP contribution in [0.4, 0.5) is 5.69 Å². The van der Waals surface area contributed by atoms with Crippen LogP contribution in [0.1, 0.15) is 5.56 Å². The number of hydrogen-bond acceptors (Lipinski definition) is 4. The second-order valence-electron chi connectivity index (χ2n) is 5.09. The highest BCUT2D eigenvalue weighted by Gasteiger charge is 2.13.